The molecule has 5 nitrogen and oxygen atoms in total. The fraction of sp³-hybridized carbons (Fsp3) is 0.500. The van der Waals surface area contributed by atoms with Crippen LogP contribution in [0.2, 0.25) is 0 Å². The molecule has 1 saturated heterocycles. The highest BCUT2D eigenvalue weighted by atomic mass is 16.2. The van der Waals surface area contributed by atoms with Gasteiger partial charge in [0.15, 0.2) is 0 Å². The zero-order valence-electron chi connectivity index (χ0n) is 13.1. The quantitative estimate of drug-likeness (QED) is 0.927. The first-order chi connectivity index (χ1) is 11.2. The van der Waals surface area contributed by atoms with Gasteiger partial charge < -0.3 is 9.88 Å². The molecule has 1 aliphatic heterocycles. The normalized spacial score (nSPS) is 20.9. The average Bonchev–Trinajstić information content (AvgIpc) is 2.98. The molecule has 1 aliphatic carbocycles. The van der Waals surface area contributed by atoms with Crippen LogP contribution in [0, 0.1) is 17.2 Å². The van der Waals surface area contributed by atoms with Crippen LogP contribution in [0.5, 0.6) is 0 Å². The van der Waals surface area contributed by atoms with Gasteiger partial charge in [-0.1, -0.05) is 6.42 Å². The van der Waals surface area contributed by atoms with E-state index in [0.29, 0.717) is 31.8 Å². The van der Waals surface area contributed by atoms with Crippen LogP contribution >= 0.6 is 0 Å². The number of fused-ring (bicyclic) bond motifs is 1. The molecule has 2 aromatic rings. The zero-order chi connectivity index (χ0) is 15.9. The lowest BCUT2D eigenvalue weighted by atomic mass is 9.73. The maximum Gasteiger partial charge on any atom is 0.225 e. The molecular formula is C18H20N4O. The largest absolute Gasteiger partial charge is 0.346 e. The summed E-state index contributed by atoms with van der Waals surface area (Å²) < 4.78 is 0. The molecule has 1 saturated carbocycles. The van der Waals surface area contributed by atoms with Crippen molar-refractivity contribution in [2.45, 2.75) is 37.5 Å². The van der Waals surface area contributed by atoms with Gasteiger partial charge in [0.05, 0.1) is 11.5 Å². The lowest BCUT2D eigenvalue weighted by Crippen LogP contribution is -2.47. The van der Waals surface area contributed by atoms with Crippen molar-refractivity contribution < 1.29 is 4.79 Å². The van der Waals surface area contributed by atoms with E-state index in [9.17, 15) is 10.1 Å². The first kappa shape index (κ1) is 14.3. The second-order valence-corrected chi connectivity index (χ2v) is 6.75. The second kappa shape index (κ2) is 5.38. The summed E-state index contributed by atoms with van der Waals surface area (Å²) in [5.74, 6) is 0.533. The van der Waals surface area contributed by atoms with Crippen molar-refractivity contribution >= 4 is 16.9 Å². The highest BCUT2D eigenvalue weighted by molar-refractivity contribution is 5.82. The second-order valence-electron chi connectivity index (χ2n) is 6.75. The van der Waals surface area contributed by atoms with E-state index in [0.717, 1.165) is 29.4 Å². The van der Waals surface area contributed by atoms with Gasteiger partial charge in [-0.2, -0.15) is 5.26 Å². The molecule has 1 amide bonds. The first-order valence-electron chi connectivity index (χ1n) is 8.36. The number of hydrogen-bond donors (Lipinski definition) is 1. The fourth-order valence-corrected chi connectivity index (χ4v) is 3.82. The molecule has 0 bridgehead atoms. The molecule has 23 heavy (non-hydrogen) atoms. The standard InChI is InChI=1S/C18H20N4O/c19-12-18(15-11-21-16-14(15)5-2-8-20-16)6-9-22(10-7-18)17(23)13-3-1-4-13/h2,5,8,11,13H,1,3-4,6-7,9-10H2,(H,20,21). The third-order valence-electron chi connectivity index (χ3n) is 5.56. The summed E-state index contributed by atoms with van der Waals surface area (Å²) in [7, 11) is 0. The zero-order valence-corrected chi connectivity index (χ0v) is 13.1. The molecule has 3 heterocycles. The minimum absolute atomic E-state index is 0.238. The fourth-order valence-electron chi connectivity index (χ4n) is 3.82. The number of H-pyrrole nitrogens is 1. The Morgan fingerprint density at radius 2 is 2.17 bits per heavy atom. The topological polar surface area (TPSA) is 72.8 Å². The molecule has 2 aromatic heterocycles. The van der Waals surface area contributed by atoms with Crippen LogP contribution < -0.4 is 0 Å². The van der Waals surface area contributed by atoms with Crippen LogP contribution in [-0.2, 0) is 10.2 Å². The highest BCUT2D eigenvalue weighted by Crippen LogP contribution is 2.39. The van der Waals surface area contributed by atoms with Gasteiger partial charge in [0.2, 0.25) is 5.91 Å². The smallest absolute Gasteiger partial charge is 0.225 e. The minimum atomic E-state index is -0.516. The molecule has 0 unspecified atom stereocenters. The Bertz CT molecular complexity index is 776. The minimum Gasteiger partial charge on any atom is -0.346 e. The number of amides is 1. The summed E-state index contributed by atoms with van der Waals surface area (Å²) in [6.07, 6.45) is 8.31. The maximum atomic E-state index is 12.4. The molecule has 0 spiro atoms. The molecule has 0 aromatic carbocycles. The molecule has 0 radical (unpaired) electrons. The van der Waals surface area contributed by atoms with Gasteiger partial charge in [0.25, 0.3) is 0 Å². The Labute approximate surface area is 135 Å². The molecular weight excluding hydrogens is 288 g/mol. The molecule has 118 valence electrons. The molecule has 1 N–H and O–H groups in total. The summed E-state index contributed by atoms with van der Waals surface area (Å²) >= 11 is 0. The Hall–Kier alpha value is -2.35. The lowest BCUT2D eigenvalue weighted by Gasteiger charge is -2.40. The summed E-state index contributed by atoms with van der Waals surface area (Å²) in [6, 6.07) is 6.46. The van der Waals surface area contributed by atoms with Crippen molar-refractivity contribution in [3.05, 3.63) is 30.1 Å². The van der Waals surface area contributed by atoms with Crippen molar-refractivity contribution in [2.75, 3.05) is 13.1 Å². The van der Waals surface area contributed by atoms with Gasteiger partial charge in [-0.3, -0.25) is 4.79 Å². The van der Waals surface area contributed by atoms with Crippen molar-refractivity contribution in [1.29, 1.82) is 5.26 Å². The molecule has 4 rings (SSSR count). The Morgan fingerprint density at radius 3 is 2.83 bits per heavy atom. The number of aromatic nitrogens is 2. The van der Waals surface area contributed by atoms with Crippen molar-refractivity contribution in [2.24, 2.45) is 5.92 Å². The SMILES string of the molecule is N#CC1(c2c[nH]c3ncccc23)CCN(C(=O)C2CCC2)CC1. The van der Waals surface area contributed by atoms with Crippen molar-refractivity contribution in [1.82, 2.24) is 14.9 Å². The van der Waals surface area contributed by atoms with Crippen LogP contribution in [0.4, 0.5) is 0 Å². The van der Waals surface area contributed by atoms with Crippen LogP contribution in [0.3, 0.4) is 0 Å². The molecule has 2 aliphatic rings. The number of carbonyl (C=O) groups is 1. The summed E-state index contributed by atoms with van der Waals surface area (Å²) in [6.45, 7) is 1.35. The number of nitrogens with one attached hydrogen (secondary N) is 1. The van der Waals surface area contributed by atoms with Crippen molar-refractivity contribution in [3.63, 3.8) is 0 Å². The third kappa shape index (κ3) is 2.21. The van der Waals surface area contributed by atoms with Gasteiger partial charge in [-0.15, -0.1) is 0 Å². The molecule has 5 heteroatoms. The number of hydrogen-bond acceptors (Lipinski definition) is 3. The van der Waals surface area contributed by atoms with Crippen molar-refractivity contribution in [3.8, 4) is 6.07 Å². The predicted octanol–water partition coefficient (Wildman–Crippen LogP) is 2.75. The van der Waals surface area contributed by atoms with E-state index in [1.807, 2.05) is 23.2 Å². The van der Waals surface area contributed by atoms with E-state index in [4.69, 9.17) is 0 Å². The number of pyridine rings is 1. The van der Waals surface area contributed by atoms with Gasteiger partial charge >= 0.3 is 0 Å². The van der Waals surface area contributed by atoms with Gasteiger partial charge in [0, 0.05) is 36.8 Å². The van der Waals surface area contributed by atoms with E-state index < -0.39 is 5.41 Å². The Balaban J connectivity index is 1.58. The summed E-state index contributed by atoms with van der Waals surface area (Å²) in [4.78, 5) is 21.9. The van der Waals surface area contributed by atoms with E-state index in [1.165, 1.54) is 6.42 Å². The summed E-state index contributed by atoms with van der Waals surface area (Å²) in [5, 5.41) is 10.9. The Kier molecular flexibility index (Phi) is 3.33. The first-order valence-corrected chi connectivity index (χ1v) is 8.36. The van der Waals surface area contributed by atoms with Gasteiger partial charge in [-0.05, 0) is 43.4 Å². The maximum absolute atomic E-state index is 12.4. The number of carbonyl (C=O) groups excluding carboxylic acids is 1. The molecule has 2 fully saturated rings. The van der Waals surface area contributed by atoms with Gasteiger partial charge in [0.1, 0.15) is 5.65 Å². The van der Waals surface area contributed by atoms with E-state index in [2.05, 4.69) is 16.0 Å². The van der Waals surface area contributed by atoms with E-state index in [-0.39, 0.29) is 5.92 Å². The molecule has 0 atom stereocenters. The van der Waals surface area contributed by atoms with E-state index in [1.54, 1.807) is 6.20 Å². The van der Waals surface area contributed by atoms with Crippen LogP contribution in [0.1, 0.15) is 37.7 Å². The van der Waals surface area contributed by atoms with Crippen LogP contribution in [0.15, 0.2) is 24.5 Å². The third-order valence-corrected chi connectivity index (χ3v) is 5.56. The van der Waals surface area contributed by atoms with Gasteiger partial charge in [-0.25, -0.2) is 4.98 Å². The number of likely N-dealkylation sites (tertiary alicyclic amines) is 1. The number of aromatic amines is 1. The summed E-state index contributed by atoms with van der Waals surface area (Å²) in [5.41, 5.74) is 1.33. The number of nitrogens with zero attached hydrogens (tertiary/aromatic N) is 3. The van der Waals surface area contributed by atoms with Crippen LogP contribution in [-0.4, -0.2) is 33.9 Å². The highest BCUT2D eigenvalue weighted by Gasteiger charge is 2.41. The predicted molar refractivity (Wildman–Crippen MR) is 86.5 cm³/mol. The van der Waals surface area contributed by atoms with Crippen LogP contribution in [0.25, 0.3) is 11.0 Å². The number of piperidine rings is 1. The lowest BCUT2D eigenvalue weighted by molar-refractivity contribution is -0.139. The number of rotatable bonds is 2. The monoisotopic (exact) mass is 308 g/mol. The Morgan fingerprint density at radius 1 is 1.39 bits per heavy atom. The van der Waals surface area contributed by atoms with E-state index >= 15 is 0 Å². The average molecular weight is 308 g/mol. The number of nitriles is 1.